The number of hydrogen-bond acceptors (Lipinski definition) is 3. The molecule has 1 aromatic heterocycles. The lowest BCUT2D eigenvalue weighted by molar-refractivity contribution is -0.143. The minimum atomic E-state index is -4.99. The molecule has 0 aliphatic carbocycles. The number of ether oxygens (including phenoxy) is 1. The van der Waals surface area contributed by atoms with Crippen molar-refractivity contribution in [2.24, 2.45) is 0 Å². The third kappa shape index (κ3) is 5.67. The van der Waals surface area contributed by atoms with Gasteiger partial charge in [-0.05, 0) is 31.0 Å². The van der Waals surface area contributed by atoms with Crippen LogP contribution in [0.5, 0.6) is 0 Å². The van der Waals surface area contributed by atoms with Crippen molar-refractivity contribution < 1.29 is 35.9 Å². The predicted octanol–water partition coefficient (Wildman–Crippen LogP) is 4.63. The maximum Gasteiger partial charge on any atom is 0.416 e. The number of nitrogens with zero attached hydrogens (tertiary/aromatic N) is 1. The first kappa shape index (κ1) is 19.6. The summed E-state index contributed by atoms with van der Waals surface area (Å²) < 4.78 is 81.2. The Labute approximate surface area is 143 Å². The first-order chi connectivity index (χ1) is 12.1. The van der Waals surface area contributed by atoms with E-state index < -0.39 is 35.3 Å². The molecule has 0 spiro atoms. The molecule has 11 heteroatoms. The number of benzene rings is 1. The van der Waals surface area contributed by atoms with E-state index in [0.29, 0.717) is 25.0 Å². The van der Waals surface area contributed by atoms with E-state index in [2.05, 4.69) is 9.97 Å². The number of anilines is 1. The van der Waals surface area contributed by atoms with Gasteiger partial charge in [-0.1, -0.05) is 0 Å². The molecule has 5 nitrogen and oxygen atoms in total. The first-order valence-electron chi connectivity index (χ1n) is 7.26. The first-order valence-corrected chi connectivity index (χ1v) is 7.26. The number of hydrogen-bond donors (Lipinski definition) is 2. The number of aryl methyl sites for hydroxylation is 1. The number of alkyl halides is 6. The lowest BCUT2D eigenvalue weighted by Gasteiger charge is -2.14. The standard InChI is InChI=1S/C15H13F6N3O2/c16-14(17,18)9-4-10(15(19,20)21)6-12(5-9)24-13(25)26-3-1-2-11-7-22-8-23-11/h4-8H,1-3H2,(H,22,23)(H,24,25). The average molecular weight is 381 g/mol. The summed E-state index contributed by atoms with van der Waals surface area (Å²) >= 11 is 0. The molecule has 2 rings (SSSR count). The Hall–Kier alpha value is -2.72. The van der Waals surface area contributed by atoms with Gasteiger partial charge in [0.25, 0.3) is 0 Å². The topological polar surface area (TPSA) is 67.0 Å². The van der Waals surface area contributed by atoms with E-state index in [1.54, 1.807) is 6.20 Å². The monoisotopic (exact) mass is 381 g/mol. The Bertz CT molecular complexity index is 709. The van der Waals surface area contributed by atoms with E-state index in [0.717, 1.165) is 5.69 Å². The van der Waals surface area contributed by atoms with E-state index in [-0.39, 0.29) is 12.7 Å². The van der Waals surface area contributed by atoms with Gasteiger partial charge < -0.3 is 9.72 Å². The van der Waals surface area contributed by atoms with E-state index in [4.69, 9.17) is 4.74 Å². The molecule has 0 atom stereocenters. The molecule has 1 amide bonds. The van der Waals surface area contributed by atoms with E-state index in [1.165, 1.54) is 6.33 Å². The Kier molecular flexibility index (Phi) is 5.78. The number of H-pyrrole nitrogens is 1. The highest BCUT2D eigenvalue weighted by Crippen LogP contribution is 2.37. The molecular weight excluding hydrogens is 368 g/mol. The Morgan fingerprint density at radius 1 is 1.08 bits per heavy atom. The van der Waals surface area contributed by atoms with Gasteiger partial charge in [0.15, 0.2) is 0 Å². The van der Waals surface area contributed by atoms with Crippen molar-refractivity contribution in [1.82, 2.24) is 9.97 Å². The molecule has 0 saturated carbocycles. The summed E-state index contributed by atoms with van der Waals surface area (Å²) in [4.78, 5) is 18.3. The Morgan fingerprint density at radius 2 is 1.69 bits per heavy atom. The summed E-state index contributed by atoms with van der Waals surface area (Å²) in [6, 6.07) is 0.779. The average Bonchev–Trinajstić information content (AvgIpc) is 3.03. The van der Waals surface area contributed by atoms with Gasteiger partial charge in [0.2, 0.25) is 0 Å². The minimum Gasteiger partial charge on any atom is -0.449 e. The van der Waals surface area contributed by atoms with Crippen LogP contribution in [0.15, 0.2) is 30.7 Å². The number of aromatic amines is 1. The number of amides is 1. The zero-order valence-corrected chi connectivity index (χ0v) is 13.0. The highest BCUT2D eigenvalue weighted by Gasteiger charge is 2.37. The van der Waals surface area contributed by atoms with Gasteiger partial charge in [-0.25, -0.2) is 9.78 Å². The highest BCUT2D eigenvalue weighted by molar-refractivity contribution is 5.84. The summed E-state index contributed by atoms with van der Waals surface area (Å²) in [6.07, 6.45) is -7.17. The van der Waals surface area contributed by atoms with Crippen LogP contribution in [0.4, 0.5) is 36.8 Å². The highest BCUT2D eigenvalue weighted by atomic mass is 19.4. The third-order valence-electron chi connectivity index (χ3n) is 3.20. The number of nitrogens with one attached hydrogen (secondary N) is 2. The third-order valence-corrected chi connectivity index (χ3v) is 3.20. The molecule has 1 heterocycles. The van der Waals surface area contributed by atoms with Crippen LogP contribution in [-0.4, -0.2) is 22.7 Å². The maximum atomic E-state index is 12.7. The molecule has 0 unspecified atom stereocenters. The van der Waals surface area contributed by atoms with Crippen molar-refractivity contribution in [3.8, 4) is 0 Å². The van der Waals surface area contributed by atoms with Crippen molar-refractivity contribution >= 4 is 11.8 Å². The molecule has 0 aliphatic heterocycles. The summed E-state index contributed by atoms with van der Waals surface area (Å²) in [5, 5.41) is 1.88. The summed E-state index contributed by atoms with van der Waals surface area (Å²) in [6.45, 7) is -0.0796. The fraction of sp³-hybridized carbons (Fsp3) is 0.333. The van der Waals surface area contributed by atoms with Crippen molar-refractivity contribution in [3.05, 3.63) is 47.5 Å². The van der Waals surface area contributed by atoms with Crippen molar-refractivity contribution in [2.45, 2.75) is 25.2 Å². The molecule has 1 aromatic carbocycles. The van der Waals surface area contributed by atoms with Crippen LogP contribution in [0.1, 0.15) is 23.2 Å². The van der Waals surface area contributed by atoms with Crippen LogP contribution in [0.25, 0.3) is 0 Å². The molecule has 0 aliphatic rings. The van der Waals surface area contributed by atoms with Gasteiger partial charge in [-0.15, -0.1) is 0 Å². The quantitative estimate of drug-likeness (QED) is 0.586. The molecule has 142 valence electrons. The molecule has 2 aromatic rings. The van der Waals surface area contributed by atoms with Crippen molar-refractivity contribution in [1.29, 1.82) is 0 Å². The maximum absolute atomic E-state index is 12.7. The Balaban J connectivity index is 1.99. The molecular formula is C15H13F6N3O2. The predicted molar refractivity (Wildman–Crippen MR) is 78.3 cm³/mol. The van der Waals surface area contributed by atoms with E-state index in [1.807, 2.05) is 5.32 Å². The van der Waals surface area contributed by atoms with Gasteiger partial charge in [0.1, 0.15) is 0 Å². The van der Waals surface area contributed by atoms with Gasteiger partial charge >= 0.3 is 18.4 Å². The smallest absolute Gasteiger partial charge is 0.416 e. The SMILES string of the molecule is O=C(Nc1cc(C(F)(F)F)cc(C(F)(F)F)c1)OCCCc1c[nH]cn1. The van der Waals surface area contributed by atoms with Crippen LogP contribution < -0.4 is 5.32 Å². The molecule has 0 fully saturated rings. The largest absolute Gasteiger partial charge is 0.449 e. The van der Waals surface area contributed by atoms with Gasteiger partial charge in [0, 0.05) is 11.9 Å². The lowest BCUT2D eigenvalue weighted by atomic mass is 10.1. The molecule has 0 radical (unpaired) electrons. The Morgan fingerprint density at radius 3 is 2.19 bits per heavy atom. The second-order valence-electron chi connectivity index (χ2n) is 5.22. The van der Waals surface area contributed by atoms with Crippen LogP contribution in [0.3, 0.4) is 0 Å². The minimum absolute atomic E-state index is 0.0274. The number of aromatic nitrogens is 2. The van der Waals surface area contributed by atoms with Crippen molar-refractivity contribution in [3.63, 3.8) is 0 Å². The lowest BCUT2D eigenvalue weighted by Crippen LogP contribution is -2.17. The van der Waals surface area contributed by atoms with Crippen LogP contribution in [-0.2, 0) is 23.5 Å². The fourth-order valence-electron chi connectivity index (χ4n) is 2.03. The number of rotatable bonds is 5. The van der Waals surface area contributed by atoms with Crippen molar-refractivity contribution in [2.75, 3.05) is 11.9 Å². The van der Waals surface area contributed by atoms with Crippen LogP contribution in [0.2, 0.25) is 0 Å². The molecule has 26 heavy (non-hydrogen) atoms. The van der Waals surface area contributed by atoms with Gasteiger partial charge in [-0.2, -0.15) is 26.3 Å². The summed E-state index contributed by atoms with van der Waals surface area (Å²) in [5.74, 6) is 0. The summed E-state index contributed by atoms with van der Waals surface area (Å²) in [5.41, 5.74) is -2.99. The summed E-state index contributed by atoms with van der Waals surface area (Å²) in [7, 11) is 0. The van der Waals surface area contributed by atoms with E-state index in [9.17, 15) is 31.1 Å². The molecule has 2 N–H and O–H groups in total. The number of carbonyl (C=O) groups excluding carboxylic acids is 1. The van der Waals surface area contributed by atoms with Crippen LogP contribution >= 0.6 is 0 Å². The molecule has 0 bridgehead atoms. The molecule has 0 saturated heterocycles. The fourth-order valence-corrected chi connectivity index (χ4v) is 2.03. The van der Waals surface area contributed by atoms with E-state index >= 15 is 0 Å². The zero-order valence-electron chi connectivity index (χ0n) is 13.0. The normalized spacial score (nSPS) is 12.1. The van der Waals surface area contributed by atoms with Crippen LogP contribution in [0, 0.1) is 0 Å². The number of imidazole rings is 1. The van der Waals surface area contributed by atoms with Gasteiger partial charge in [0.05, 0.1) is 29.8 Å². The number of carbonyl (C=O) groups is 1. The number of halogens is 6. The van der Waals surface area contributed by atoms with Gasteiger partial charge in [-0.3, -0.25) is 5.32 Å². The zero-order chi connectivity index (χ0) is 19.4. The second kappa shape index (κ2) is 7.67. The second-order valence-corrected chi connectivity index (χ2v) is 5.22.